The number of carboxylic acids is 1. The highest BCUT2D eigenvalue weighted by Gasteiger charge is 2.68. The number of aromatic nitrogens is 2. The van der Waals surface area contributed by atoms with Crippen molar-refractivity contribution in [3.8, 4) is 27.8 Å². The molecule has 13 nitrogen and oxygen atoms in total. The molecule has 2 aliphatic carbocycles. The van der Waals surface area contributed by atoms with Crippen molar-refractivity contribution < 1.29 is 44.0 Å². The number of allylic oxidation sites excluding steroid dienone is 2. The summed E-state index contributed by atoms with van der Waals surface area (Å²) in [7, 11) is 1.68. The fraction of sp³-hybridized carbons (Fsp3) is 0.302. The van der Waals surface area contributed by atoms with Gasteiger partial charge in [0.1, 0.15) is 22.8 Å². The van der Waals surface area contributed by atoms with E-state index in [2.05, 4.69) is 0 Å². The van der Waals surface area contributed by atoms with Crippen LogP contribution >= 0.6 is 22.9 Å². The van der Waals surface area contributed by atoms with Gasteiger partial charge in [-0.25, -0.2) is 14.6 Å². The molecular weight excluding hydrogens is 784 g/mol. The largest absolute Gasteiger partial charge is 0.507 e. The highest BCUT2D eigenvalue weighted by molar-refractivity contribution is 7.22. The van der Waals surface area contributed by atoms with Gasteiger partial charge in [0, 0.05) is 34.8 Å². The van der Waals surface area contributed by atoms with Crippen LogP contribution in [0.4, 0.5) is 11.5 Å². The van der Waals surface area contributed by atoms with Crippen molar-refractivity contribution in [2.45, 2.75) is 39.5 Å². The second kappa shape index (κ2) is 13.3. The lowest BCUT2D eigenvalue weighted by atomic mass is 9.51. The number of aryl methyl sites for hydroxylation is 2. The highest BCUT2D eigenvalue weighted by atomic mass is 35.5. The van der Waals surface area contributed by atoms with E-state index >= 15 is 4.79 Å². The average Bonchev–Trinajstić information content (AvgIpc) is 3.85. The van der Waals surface area contributed by atoms with Crippen LogP contribution in [0.1, 0.15) is 54.1 Å². The molecule has 2 saturated heterocycles. The van der Waals surface area contributed by atoms with Gasteiger partial charge in [-0.15, -0.1) is 11.3 Å². The molecule has 3 N–H and O–H groups in total. The number of ether oxygens (including phenoxy) is 1. The molecule has 0 spiro atoms. The minimum atomic E-state index is -1.37. The molecule has 0 radical (unpaired) electrons. The fourth-order valence-corrected chi connectivity index (χ4v) is 11.2. The summed E-state index contributed by atoms with van der Waals surface area (Å²) in [6, 6.07) is 15.8. The summed E-state index contributed by atoms with van der Waals surface area (Å²) in [4.78, 5) is 73.3. The van der Waals surface area contributed by atoms with Gasteiger partial charge in [0.15, 0.2) is 11.5 Å². The van der Waals surface area contributed by atoms with Gasteiger partial charge in [-0.1, -0.05) is 29.3 Å². The lowest BCUT2D eigenvalue weighted by Gasteiger charge is -2.49. The minimum absolute atomic E-state index is 0.0350. The third-order valence-electron chi connectivity index (χ3n) is 12.6. The zero-order valence-electron chi connectivity index (χ0n) is 31.7. The molecule has 58 heavy (non-hydrogen) atoms. The number of carbonyl (C=O) groups excluding carboxylic acids is 4. The zero-order chi connectivity index (χ0) is 41.1. The number of amides is 4. The molecule has 6 atom stereocenters. The van der Waals surface area contributed by atoms with Gasteiger partial charge < -0.3 is 20.1 Å². The van der Waals surface area contributed by atoms with E-state index in [1.165, 1.54) is 33.1 Å². The summed E-state index contributed by atoms with van der Waals surface area (Å²) in [5, 5.41) is 37.0. The Kier molecular flexibility index (Phi) is 8.60. The number of halogens is 1. The minimum Gasteiger partial charge on any atom is -0.507 e. The number of anilines is 2. The van der Waals surface area contributed by atoms with Gasteiger partial charge in [0.25, 0.3) is 0 Å². The molecule has 2 aliphatic heterocycles. The first-order valence-corrected chi connectivity index (χ1v) is 20.1. The van der Waals surface area contributed by atoms with Crippen LogP contribution in [0.25, 0.3) is 20.7 Å². The molecule has 3 fully saturated rings. The van der Waals surface area contributed by atoms with E-state index in [1.54, 1.807) is 39.1 Å². The number of rotatable bonds is 7. The van der Waals surface area contributed by atoms with E-state index in [0.717, 1.165) is 43.1 Å². The van der Waals surface area contributed by atoms with Crippen molar-refractivity contribution in [3.63, 3.8) is 0 Å². The summed E-state index contributed by atoms with van der Waals surface area (Å²) in [6.45, 7) is 5.79. The summed E-state index contributed by atoms with van der Waals surface area (Å²) in [5.74, 6) is -7.57. The van der Waals surface area contributed by atoms with Crippen molar-refractivity contribution in [2.24, 2.45) is 36.1 Å². The number of hydrogen-bond donors (Lipinski definition) is 3. The van der Waals surface area contributed by atoms with E-state index in [1.807, 2.05) is 31.2 Å². The Morgan fingerprint density at radius 3 is 2.47 bits per heavy atom. The number of aromatic carboxylic acids is 1. The highest BCUT2D eigenvalue weighted by Crippen LogP contribution is 2.64. The van der Waals surface area contributed by atoms with Crippen LogP contribution < -0.4 is 14.5 Å². The van der Waals surface area contributed by atoms with Crippen molar-refractivity contribution in [1.82, 2.24) is 9.78 Å². The van der Waals surface area contributed by atoms with Crippen LogP contribution in [0, 0.1) is 36.0 Å². The number of phenolic OH excluding ortho intramolecular Hbond substituents is 1. The van der Waals surface area contributed by atoms with Crippen LogP contribution in [-0.2, 0) is 26.2 Å². The van der Waals surface area contributed by atoms with Crippen LogP contribution in [0.15, 0.2) is 72.3 Å². The topological polar surface area (TPSA) is 180 Å². The molecule has 5 aromatic rings. The maximum atomic E-state index is 15.2. The number of benzene rings is 3. The normalized spacial score (nSPS) is 25.3. The second-order valence-corrected chi connectivity index (χ2v) is 17.0. The standard InChI is InChI=1S/C43H37ClN4O9S/c1-5-57-32-14-20(6-12-30(32)49)36-23-10-11-25-35(40(53)47(38(25)51)22-8-9-24(41(54)55)31(50)16-22)27(23)17-28-39(52)48(42(56)43(28,36)3)34-18-29(45-46(34)4)37-19(2)26-15-21(44)7-13-33(26)58-37/h6-10,12-16,18,25,27-28,35-36,49-50H,5,11,17H2,1-4H3,(H,54,55). The molecule has 15 heteroatoms. The summed E-state index contributed by atoms with van der Waals surface area (Å²) < 4.78 is 8.31. The van der Waals surface area contributed by atoms with Crippen molar-refractivity contribution in [2.75, 3.05) is 16.4 Å². The molecule has 9 rings (SSSR count). The summed E-state index contributed by atoms with van der Waals surface area (Å²) in [6.07, 6.45) is 2.17. The average molecular weight is 821 g/mol. The monoisotopic (exact) mass is 820 g/mol. The molecule has 0 bridgehead atoms. The number of phenols is 2. The maximum absolute atomic E-state index is 15.2. The summed E-state index contributed by atoms with van der Waals surface area (Å²) >= 11 is 7.85. The summed E-state index contributed by atoms with van der Waals surface area (Å²) in [5.41, 5.74) is 1.16. The Labute approximate surface area is 340 Å². The molecule has 4 amide bonds. The number of nitrogens with zero attached hydrogens (tertiary/aromatic N) is 4. The lowest BCUT2D eigenvalue weighted by Crippen LogP contribution is -2.49. The number of carbonyl (C=O) groups is 5. The maximum Gasteiger partial charge on any atom is 0.339 e. The number of carboxylic acid groups (broad SMARTS) is 1. The van der Waals surface area contributed by atoms with Gasteiger partial charge in [0.2, 0.25) is 23.6 Å². The molecular formula is C43H37ClN4O9S. The van der Waals surface area contributed by atoms with E-state index in [4.69, 9.17) is 21.4 Å². The number of imide groups is 2. The Balaban J connectivity index is 1.15. The van der Waals surface area contributed by atoms with Crippen LogP contribution in [0.3, 0.4) is 0 Å². The van der Waals surface area contributed by atoms with E-state index < -0.39 is 70.4 Å². The molecule has 6 unspecified atom stereocenters. The molecule has 4 heterocycles. The van der Waals surface area contributed by atoms with Crippen molar-refractivity contribution in [1.29, 1.82) is 0 Å². The third-order valence-corrected chi connectivity index (χ3v) is 14.1. The zero-order valence-corrected chi connectivity index (χ0v) is 33.3. The van der Waals surface area contributed by atoms with E-state index in [9.17, 15) is 34.5 Å². The molecule has 3 aromatic carbocycles. The SMILES string of the molecule is CCOc1cc(C2C3=CCC4C(=O)N(c5ccc(C(=O)O)c(O)c5)C(=O)C4C3CC3C(=O)N(c4cc(-c5sc6ccc(Cl)cc6c5C)nn4C)C(=O)C32C)ccc1O. The smallest absolute Gasteiger partial charge is 0.339 e. The Bertz CT molecular complexity index is 2700. The number of thiophene rings is 1. The van der Waals surface area contributed by atoms with Gasteiger partial charge in [-0.3, -0.25) is 23.9 Å². The first-order valence-electron chi connectivity index (χ1n) is 18.9. The van der Waals surface area contributed by atoms with Gasteiger partial charge in [-0.2, -0.15) is 5.10 Å². The number of fused-ring (bicyclic) bond motifs is 5. The first kappa shape index (κ1) is 37.6. The molecule has 1 saturated carbocycles. The predicted octanol–water partition coefficient (Wildman–Crippen LogP) is 7.21. The van der Waals surface area contributed by atoms with E-state index in [-0.39, 0.29) is 48.0 Å². The molecule has 2 aromatic heterocycles. The third kappa shape index (κ3) is 5.27. The molecule has 4 aliphatic rings. The molecule has 296 valence electrons. The van der Waals surface area contributed by atoms with Crippen LogP contribution in [-0.4, -0.2) is 61.3 Å². The van der Waals surface area contributed by atoms with Gasteiger partial charge in [-0.05, 0) is 98.5 Å². The predicted molar refractivity (Wildman–Crippen MR) is 215 cm³/mol. The number of aromatic hydroxyl groups is 2. The van der Waals surface area contributed by atoms with Crippen molar-refractivity contribution >= 4 is 74.1 Å². The Morgan fingerprint density at radius 1 is 0.966 bits per heavy atom. The first-order chi connectivity index (χ1) is 27.6. The van der Waals surface area contributed by atoms with Crippen molar-refractivity contribution in [3.05, 3.63) is 94.0 Å². The van der Waals surface area contributed by atoms with Gasteiger partial charge in [0.05, 0.1) is 40.3 Å². The number of hydrogen-bond acceptors (Lipinski definition) is 10. The Hall–Kier alpha value is -5.99. The fourth-order valence-electron chi connectivity index (χ4n) is 9.90. The lowest BCUT2D eigenvalue weighted by molar-refractivity contribution is -0.131. The Morgan fingerprint density at radius 2 is 1.74 bits per heavy atom. The van der Waals surface area contributed by atoms with Crippen LogP contribution in [0.5, 0.6) is 17.2 Å². The van der Waals surface area contributed by atoms with Crippen LogP contribution in [0.2, 0.25) is 5.02 Å². The quantitative estimate of drug-likeness (QED) is 0.112. The van der Waals surface area contributed by atoms with Gasteiger partial charge >= 0.3 is 5.97 Å². The van der Waals surface area contributed by atoms with E-state index in [0.29, 0.717) is 16.3 Å². The second-order valence-electron chi connectivity index (χ2n) is 15.5.